The van der Waals surface area contributed by atoms with E-state index < -0.39 is 5.25 Å². The Bertz CT molecular complexity index is 809. The summed E-state index contributed by atoms with van der Waals surface area (Å²) in [6, 6.07) is 19.8. The average molecular weight is 382 g/mol. The van der Waals surface area contributed by atoms with Crippen molar-refractivity contribution in [3.8, 4) is 0 Å². The molecule has 0 bridgehead atoms. The van der Waals surface area contributed by atoms with Crippen molar-refractivity contribution in [3.63, 3.8) is 0 Å². The topological polar surface area (TPSA) is 61.8 Å². The number of rotatable bonds is 7. The highest BCUT2D eigenvalue weighted by Crippen LogP contribution is 2.31. The summed E-state index contributed by atoms with van der Waals surface area (Å²) >= 11 is 1.38. The molecular weight excluding hydrogens is 358 g/mol. The molecule has 0 spiro atoms. The van der Waals surface area contributed by atoms with Crippen LogP contribution in [0.1, 0.15) is 18.4 Å². The molecule has 6 heteroatoms. The molecule has 1 N–H and O–H groups in total. The Hall–Kier alpha value is -2.60. The molecule has 140 valence electrons. The fourth-order valence-electron chi connectivity index (χ4n) is 2.90. The first-order valence-electron chi connectivity index (χ1n) is 9.03. The van der Waals surface area contributed by atoms with E-state index in [1.165, 1.54) is 17.3 Å². The summed E-state index contributed by atoms with van der Waals surface area (Å²) in [7, 11) is 1.59. The third kappa shape index (κ3) is 5.20. The van der Waals surface area contributed by atoms with Gasteiger partial charge in [0.1, 0.15) is 5.25 Å². The van der Waals surface area contributed by atoms with Crippen LogP contribution < -0.4 is 5.32 Å². The van der Waals surface area contributed by atoms with E-state index in [1.807, 2.05) is 48.5 Å². The number of benzene rings is 2. The monoisotopic (exact) mass is 381 g/mol. The van der Waals surface area contributed by atoms with E-state index in [2.05, 4.69) is 22.4 Å². The minimum atomic E-state index is -0.413. The summed E-state index contributed by atoms with van der Waals surface area (Å²) in [5.74, 6) is -0.169. The molecule has 1 aliphatic heterocycles. The lowest BCUT2D eigenvalue weighted by atomic mass is 10.1. The van der Waals surface area contributed by atoms with Crippen LogP contribution in [0.4, 0.5) is 5.69 Å². The van der Waals surface area contributed by atoms with E-state index in [4.69, 9.17) is 0 Å². The zero-order valence-electron chi connectivity index (χ0n) is 15.3. The lowest BCUT2D eigenvalue weighted by Gasteiger charge is -2.16. The van der Waals surface area contributed by atoms with Crippen LogP contribution in [-0.2, 0) is 16.0 Å². The number of thioether (sulfide) groups is 1. The van der Waals surface area contributed by atoms with Crippen LogP contribution in [-0.4, -0.2) is 40.7 Å². The van der Waals surface area contributed by atoms with Gasteiger partial charge in [-0.2, -0.15) is 0 Å². The van der Waals surface area contributed by atoms with Gasteiger partial charge in [0, 0.05) is 20.0 Å². The Morgan fingerprint density at radius 2 is 1.78 bits per heavy atom. The SMILES string of the molecule is CNC(=O)C[C@@H]1SC(=Nc2ccccc2)N(CCCc2ccccc2)C1=O. The minimum absolute atomic E-state index is 0.0358. The third-order valence-electron chi connectivity index (χ3n) is 4.34. The lowest BCUT2D eigenvalue weighted by Crippen LogP contribution is -2.35. The number of aryl methyl sites for hydroxylation is 1. The molecule has 27 heavy (non-hydrogen) atoms. The van der Waals surface area contributed by atoms with Crippen molar-refractivity contribution in [1.29, 1.82) is 0 Å². The summed E-state index contributed by atoms with van der Waals surface area (Å²) < 4.78 is 0. The van der Waals surface area contributed by atoms with E-state index >= 15 is 0 Å². The van der Waals surface area contributed by atoms with Crippen LogP contribution in [0, 0.1) is 0 Å². The molecule has 0 unspecified atom stereocenters. The maximum absolute atomic E-state index is 12.8. The predicted molar refractivity (Wildman–Crippen MR) is 110 cm³/mol. The van der Waals surface area contributed by atoms with E-state index in [1.54, 1.807) is 11.9 Å². The van der Waals surface area contributed by atoms with Crippen LogP contribution >= 0.6 is 11.8 Å². The number of amides is 2. The fraction of sp³-hybridized carbons (Fsp3) is 0.286. The first-order chi connectivity index (χ1) is 13.2. The van der Waals surface area contributed by atoms with Crippen LogP contribution in [0.3, 0.4) is 0 Å². The van der Waals surface area contributed by atoms with Crippen molar-refractivity contribution < 1.29 is 9.59 Å². The summed E-state index contributed by atoms with van der Waals surface area (Å²) in [6.07, 6.45) is 1.91. The minimum Gasteiger partial charge on any atom is -0.359 e. The molecular formula is C21H23N3O2S. The van der Waals surface area contributed by atoms with Crippen molar-refractivity contribution in [2.45, 2.75) is 24.5 Å². The Morgan fingerprint density at radius 3 is 2.44 bits per heavy atom. The van der Waals surface area contributed by atoms with Crippen LogP contribution in [0.5, 0.6) is 0 Å². The molecule has 1 aliphatic rings. The van der Waals surface area contributed by atoms with Crippen molar-refractivity contribution in [1.82, 2.24) is 10.2 Å². The molecule has 1 heterocycles. The quantitative estimate of drug-likeness (QED) is 0.800. The number of nitrogens with zero attached hydrogens (tertiary/aromatic N) is 2. The summed E-state index contributed by atoms with van der Waals surface area (Å²) in [5.41, 5.74) is 2.06. The number of aliphatic imine (C=N–C) groups is 1. The van der Waals surface area contributed by atoms with Crippen molar-refractivity contribution in [3.05, 3.63) is 66.2 Å². The van der Waals surface area contributed by atoms with Gasteiger partial charge in [0.05, 0.1) is 5.69 Å². The molecule has 1 atom stereocenters. The molecule has 1 saturated heterocycles. The van der Waals surface area contributed by atoms with E-state index in [9.17, 15) is 9.59 Å². The summed E-state index contributed by atoms with van der Waals surface area (Å²) in [4.78, 5) is 31.0. The first kappa shape index (κ1) is 19.2. The summed E-state index contributed by atoms with van der Waals surface area (Å²) in [6.45, 7) is 0.594. The maximum Gasteiger partial charge on any atom is 0.242 e. The van der Waals surface area contributed by atoms with Crippen molar-refractivity contribution in [2.24, 2.45) is 4.99 Å². The highest BCUT2D eigenvalue weighted by molar-refractivity contribution is 8.15. The second kappa shape index (κ2) is 9.37. The highest BCUT2D eigenvalue weighted by atomic mass is 32.2. The molecule has 0 aromatic heterocycles. The molecule has 5 nitrogen and oxygen atoms in total. The van der Waals surface area contributed by atoms with Gasteiger partial charge in [-0.05, 0) is 30.5 Å². The van der Waals surface area contributed by atoms with Gasteiger partial charge in [-0.15, -0.1) is 0 Å². The maximum atomic E-state index is 12.8. The highest BCUT2D eigenvalue weighted by Gasteiger charge is 2.38. The largest absolute Gasteiger partial charge is 0.359 e. The number of amidine groups is 1. The Kier molecular flexibility index (Phi) is 6.65. The predicted octanol–water partition coefficient (Wildman–Crippen LogP) is 3.39. The number of nitrogens with one attached hydrogen (secondary N) is 1. The molecule has 2 aromatic rings. The van der Waals surface area contributed by atoms with E-state index in [-0.39, 0.29) is 18.2 Å². The second-order valence-corrected chi connectivity index (χ2v) is 7.46. The zero-order chi connectivity index (χ0) is 19.1. The Morgan fingerprint density at radius 1 is 1.11 bits per heavy atom. The van der Waals surface area contributed by atoms with Crippen LogP contribution in [0.2, 0.25) is 0 Å². The normalized spacial score (nSPS) is 18.1. The van der Waals surface area contributed by atoms with Gasteiger partial charge in [0.15, 0.2) is 5.17 Å². The lowest BCUT2D eigenvalue weighted by molar-refractivity contribution is -0.129. The van der Waals surface area contributed by atoms with Crippen LogP contribution in [0.15, 0.2) is 65.7 Å². The molecule has 3 rings (SSSR count). The molecule has 2 amide bonds. The molecule has 2 aromatic carbocycles. The van der Waals surface area contributed by atoms with Crippen molar-refractivity contribution in [2.75, 3.05) is 13.6 Å². The third-order valence-corrected chi connectivity index (χ3v) is 5.52. The summed E-state index contributed by atoms with van der Waals surface area (Å²) in [5, 5.41) is 2.85. The Labute approximate surface area is 163 Å². The second-order valence-electron chi connectivity index (χ2n) is 6.29. The molecule has 0 saturated carbocycles. The smallest absolute Gasteiger partial charge is 0.242 e. The van der Waals surface area contributed by atoms with Gasteiger partial charge in [-0.1, -0.05) is 60.3 Å². The Balaban J connectivity index is 1.72. The first-order valence-corrected chi connectivity index (χ1v) is 9.91. The molecule has 0 radical (unpaired) electrons. The van der Waals surface area contributed by atoms with Gasteiger partial charge >= 0.3 is 0 Å². The standard InChI is InChI=1S/C21H23N3O2S/c1-22-19(25)15-18-20(26)24(14-8-11-16-9-4-2-5-10-16)21(27-18)23-17-12-6-3-7-13-17/h2-7,9-10,12-13,18H,8,11,14-15H2,1H3,(H,22,25)/t18-/m0/s1. The van der Waals surface area contributed by atoms with Crippen molar-refractivity contribution >= 4 is 34.4 Å². The van der Waals surface area contributed by atoms with Gasteiger partial charge in [-0.3, -0.25) is 14.5 Å². The number of hydrogen-bond donors (Lipinski definition) is 1. The fourth-order valence-corrected chi connectivity index (χ4v) is 4.08. The number of hydrogen-bond acceptors (Lipinski definition) is 4. The van der Waals surface area contributed by atoms with Gasteiger partial charge < -0.3 is 5.32 Å². The number of carbonyl (C=O) groups is 2. The molecule has 1 fully saturated rings. The molecule has 0 aliphatic carbocycles. The number of carbonyl (C=O) groups excluding carboxylic acids is 2. The number of para-hydroxylation sites is 1. The van der Waals surface area contributed by atoms with Crippen LogP contribution in [0.25, 0.3) is 0 Å². The van der Waals surface area contributed by atoms with Gasteiger partial charge in [-0.25, -0.2) is 4.99 Å². The van der Waals surface area contributed by atoms with Gasteiger partial charge in [0.2, 0.25) is 11.8 Å². The van der Waals surface area contributed by atoms with E-state index in [0.717, 1.165) is 18.5 Å². The zero-order valence-corrected chi connectivity index (χ0v) is 16.1. The van der Waals surface area contributed by atoms with E-state index in [0.29, 0.717) is 11.7 Å². The van der Waals surface area contributed by atoms with Gasteiger partial charge in [0.25, 0.3) is 0 Å². The average Bonchev–Trinajstić information content (AvgIpc) is 2.98.